The second-order valence-corrected chi connectivity index (χ2v) is 5.34. The van der Waals surface area contributed by atoms with Gasteiger partial charge in [-0.2, -0.15) is 0 Å². The van der Waals surface area contributed by atoms with Crippen LogP contribution in [0.25, 0.3) is 0 Å². The van der Waals surface area contributed by atoms with Crippen molar-refractivity contribution in [3.63, 3.8) is 0 Å². The van der Waals surface area contributed by atoms with E-state index in [0.29, 0.717) is 17.9 Å². The Bertz CT molecular complexity index is 493. The fraction of sp³-hybridized carbons (Fsp3) is 0.500. The number of hydrogen-bond donors (Lipinski definition) is 1. The zero-order chi connectivity index (χ0) is 13.6. The fourth-order valence-electron chi connectivity index (χ4n) is 2.71. The van der Waals surface area contributed by atoms with E-state index >= 15 is 0 Å². The molecule has 1 fully saturated rings. The lowest BCUT2D eigenvalue weighted by molar-refractivity contribution is -0.141. The van der Waals surface area contributed by atoms with Crippen molar-refractivity contribution in [2.75, 3.05) is 14.2 Å². The monoisotopic (exact) mass is 250 g/mol. The van der Waals surface area contributed by atoms with Crippen molar-refractivity contribution in [1.29, 1.82) is 0 Å². The maximum Gasteiger partial charge on any atom is 0.314 e. The maximum atomic E-state index is 11.6. The van der Waals surface area contributed by atoms with Crippen LogP contribution in [-0.4, -0.2) is 25.3 Å². The summed E-state index contributed by atoms with van der Waals surface area (Å²) in [6.45, 7) is 3.93. The van der Waals surface area contributed by atoms with Crippen LogP contribution in [0.3, 0.4) is 0 Å². The van der Waals surface area contributed by atoms with Crippen LogP contribution in [0.5, 0.6) is 11.5 Å². The smallest absolute Gasteiger partial charge is 0.314 e. The van der Waals surface area contributed by atoms with Gasteiger partial charge < -0.3 is 14.6 Å². The molecule has 0 saturated heterocycles. The summed E-state index contributed by atoms with van der Waals surface area (Å²) in [5, 5.41) is 9.55. The SMILES string of the molecule is COc1ccc(C2(C(=O)O)CC2(C)C)c(OC)c1. The Labute approximate surface area is 107 Å². The Morgan fingerprint density at radius 1 is 1.28 bits per heavy atom. The average Bonchev–Trinajstić information content (AvgIpc) is 2.93. The van der Waals surface area contributed by atoms with Gasteiger partial charge in [-0.05, 0) is 17.9 Å². The van der Waals surface area contributed by atoms with E-state index in [-0.39, 0.29) is 5.41 Å². The Morgan fingerprint density at radius 3 is 2.28 bits per heavy atom. The van der Waals surface area contributed by atoms with E-state index in [2.05, 4.69) is 0 Å². The molecule has 1 unspecified atom stereocenters. The van der Waals surface area contributed by atoms with Gasteiger partial charge in [-0.1, -0.05) is 19.9 Å². The van der Waals surface area contributed by atoms with Gasteiger partial charge in [0.05, 0.1) is 14.2 Å². The number of carboxylic acids is 1. The molecule has 1 atom stereocenters. The molecule has 98 valence electrons. The van der Waals surface area contributed by atoms with E-state index in [9.17, 15) is 9.90 Å². The largest absolute Gasteiger partial charge is 0.497 e. The summed E-state index contributed by atoms with van der Waals surface area (Å²) in [6, 6.07) is 5.30. The molecule has 2 rings (SSSR count). The van der Waals surface area contributed by atoms with Gasteiger partial charge in [-0.25, -0.2) is 0 Å². The standard InChI is InChI=1S/C14H18O4/c1-13(2)8-14(13,12(15)16)10-6-5-9(17-3)7-11(10)18-4/h5-7H,8H2,1-4H3,(H,15,16). The fourth-order valence-corrected chi connectivity index (χ4v) is 2.71. The second kappa shape index (κ2) is 3.90. The molecule has 0 aliphatic heterocycles. The molecule has 0 aromatic heterocycles. The lowest BCUT2D eigenvalue weighted by atomic mass is 9.87. The lowest BCUT2D eigenvalue weighted by Crippen LogP contribution is -2.26. The summed E-state index contributed by atoms with van der Waals surface area (Å²) in [5.41, 5.74) is -0.367. The zero-order valence-electron chi connectivity index (χ0n) is 11.1. The Balaban J connectivity index is 2.54. The van der Waals surface area contributed by atoms with Gasteiger partial charge in [-0.3, -0.25) is 4.79 Å². The molecule has 1 aliphatic carbocycles. The molecule has 4 heteroatoms. The summed E-state index contributed by atoms with van der Waals surface area (Å²) in [7, 11) is 3.12. The first-order chi connectivity index (χ1) is 8.39. The quantitative estimate of drug-likeness (QED) is 0.891. The van der Waals surface area contributed by atoms with Crippen molar-refractivity contribution >= 4 is 5.97 Å². The van der Waals surface area contributed by atoms with Crippen LogP contribution >= 0.6 is 0 Å². The van der Waals surface area contributed by atoms with Gasteiger partial charge in [0.2, 0.25) is 0 Å². The summed E-state index contributed by atoms with van der Waals surface area (Å²) < 4.78 is 10.4. The minimum Gasteiger partial charge on any atom is -0.497 e. The van der Waals surface area contributed by atoms with Crippen LogP contribution in [0, 0.1) is 5.41 Å². The van der Waals surface area contributed by atoms with Crippen molar-refractivity contribution in [3.05, 3.63) is 23.8 Å². The molecule has 0 heterocycles. The minimum atomic E-state index is -0.843. The van der Waals surface area contributed by atoms with Crippen molar-refractivity contribution in [2.24, 2.45) is 5.41 Å². The van der Waals surface area contributed by atoms with Gasteiger partial charge in [0.25, 0.3) is 0 Å². The molecule has 0 amide bonds. The van der Waals surface area contributed by atoms with Crippen LogP contribution in [-0.2, 0) is 10.2 Å². The van der Waals surface area contributed by atoms with Crippen LogP contribution in [0.4, 0.5) is 0 Å². The molecule has 1 aromatic rings. The topological polar surface area (TPSA) is 55.8 Å². The molecular weight excluding hydrogens is 232 g/mol. The van der Waals surface area contributed by atoms with Crippen LogP contribution < -0.4 is 9.47 Å². The van der Waals surface area contributed by atoms with E-state index in [0.717, 1.165) is 5.56 Å². The highest BCUT2D eigenvalue weighted by Gasteiger charge is 2.68. The highest BCUT2D eigenvalue weighted by atomic mass is 16.5. The third-order valence-electron chi connectivity index (χ3n) is 3.97. The Kier molecular flexibility index (Phi) is 2.76. The number of aliphatic carboxylic acids is 1. The zero-order valence-corrected chi connectivity index (χ0v) is 11.1. The summed E-state index contributed by atoms with van der Waals surface area (Å²) >= 11 is 0. The number of hydrogen-bond acceptors (Lipinski definition) is 3. The molecule has 4 nitrogen and oxygen atoms in total. The van der Waals surface area contributed by atoms with E-state index in [1.54, 1.807) is 32.4 Å². The third kappa shape index (κ3) is 1.55. The van der Waals surface area contributed by atoms with E-state index in [1.165, 1.54) is 0 Å². The normalized spacial score (nSPS) is 24.4. The van der Waals surface area contributed by atoms with Gasteiger partial charge in [0.15, 0.2) is 0 Å². The van der Waals surface area contributed by atoms with E-state index in [1.807, 2.05) is 13.8 Å². The Morgan fingerprint density at radius 2 is 1.89 bits per heavy atom. The van der Waals surface area contributed by atoms with Crippen LogP contribution in [0.2, 0.25) is 0 Å². The lowest BCUT2D eigenvalue weighted by Gasteiger charge is -2.19. The number of rotatable bonds is 4. The number of ether oxygens (including phenoxy) is 2. The minimum absolute atomic E-state index is 0.249. The van der Waals surface area contributed by atoms with Gasteiger partial charge in [0.1, 0.15) is 16.9 Å². The number of benzene rings is 1. The molecule has 1 N–H and O–H groups in total. The predicted octanol–water partition coefficient (Wildman–Crippen LogP) is 2.46. The van der Waals surface area contributed by atoms with Crippen molar-refractivity contribution in [1.82, 2.24) is 0 Å². The number of methoxy groups -OCH3 is 2. The summed E-state index contributed by atoms with van der Waals surface area (Å²) in [4.78, 5) is 11.6. The van der Waals surface area contributed by atoms with Crippen molar-refractivity contribution in [2.45, 2.75) is 25.7 Å². The summed E-state index contributed by atoms with van der Waals surface area (Å²) in [6.07, 6.45) is 0.623. The molecule has 0 radical (unpaired) electrons. The Hall–Kier alpha value is -1.71. The highest BCUT2D eigenvalue weighted by molar-refractivity contribution is 5.88. The molecule has 1 aliphatic rings. The maximum absolute atomic E-state index is 11.6. The first-order valence-corrected chi connectivity index (χ1v) is 5.85. The predicted molar refractivity (Wildman–Crippen MR) is 67.3 cm³/mol. The molecule has 0 bridgehead atoms. The average molecular weight is 250 g/mol. The molecule has 18 heavy (non-hydrogen) atoms. The van der Waals surface area contributed by atoms with E-state index < -0.39 is 11.4 Å². The molecule has 1 aromatic carbocycles. The third-order valence-corrected chi connectivity index (χ3v) is 3.97. The number of carboxylic acid groups (broad SMARTS) is 1. The van der Waals surface area contributed by atoms with Gasteiger partial charge in [-0.15, -0.1) is 0 Å². The van der Waals surface area contributed by atoms with Crippen LogP contribution in [0.15, 0.2) is 18.2 Å². The first kappa shape index (κ1) is 12.7. The number of carbonyl (C=O) groups is 1. The summed E-state index contributed by atoms with van der Waals surface area (Å²) in [5.74, 6) is 0.438. The first-order valence-electron chi connectivity index (χ1n) is 5.85. The van der Waals surface area contributed by atoms with Crippen LogP contribution in [0.1, 0.15) is 25.8 Å². The molecular formula is C14H18O4. The van der Waals surface area contributed by atoms with Crippen molar-refractivity contribution < 1.29 is 19.4 Å². The van der Waals surface area contributed by atoms with Gasteiger partial charge in [0, 0.05) is 11.6 Å². The highest BCUT2D eigenvalue weighted by Crippen LogP contribution is 2.66. The van der Waals surface area contributed by atoms with Gasteiger partial charge >= 0.3 is 5.97 Å². The van der Waals surface area contributed by atoms with E-state index in [4.69, 9.17) is 9.47 Å². The van der Waals surface area contributed by atoms with Crippen molar-refractivity contribution in [3.8, 4) is 11.5 Å². The second-order valence-electron chi connectivity index (χ2n) is 5.34. The molecule has 0 spiro atoms. The molecule has 1 saturated carbocycles.